The molecule has 5 nitrogen and oxygen atoms in total. The van der Waals surface area contributed by atoms with Gasteiger partial charge in [-0.3, -0.25) is 4.90 Å². The molecule has 1 heterocycles. The predicted molar refractivity (Wildman–Crippen MR) is 58.6 cm³/mol. The molecule has 0 aromatic carbocycles. The average molecular weight is 227 g/mol. The molecule has 0 fully saturated rings. The summed E-state index contributed by atoms with van der Waals surface area (Å²) < 4.78 is 10.2. The van der Waals surface area contributed by atoms with Gasteiger partial charge in [0.2, 0.25) is 5.76 Å². The largest absolute Gasteiger partial charge is 0.475 e. The molecule has 1 rings (SSSR count). The second-order valence-electron chi connectivity index (χ2n) is 3.66. The van der Waals surface area contributed by atoms with Gasteiger partial charge in [-0.05, 0) is 26.1 Å². The molecule has 1 aromatic rings. The maximum Gasteiger partial charge on any atom is 0.371 e. The summed E-state index contributed by atoms with van der Waals surface area (Å²) in [6.45, 7) is 3.36. The highest BCUT2D eigenvalue weighted by molar-refractivity contribution is 5.84. The van der Waals surface area contributed by atoms with Crippen LogP contribution in [-0.4, -0.2) is 43.3 Å². The fourth-order valence-electron chi connectivity index (χ4n) is 1.34. The normalized spacial score (nSPS) is 13.0. The number of methoxy groups -OCH3 is 1. The highest BCUT2D eigenvalue weighted by atomic mass is 16.5. The summed E-state index contributed by atoms with van der Waals surface area (Å²) in [5.41, 5.74) is 0. The molecular weight excluding hydrogens is 210 g/mol. The van der Waals surface area contributed by atoms with Crippen LogP contribution in [0.1, 0.15) is 29.3 Å². The van der Waals surface area contributed by atoms with E-state index in [1.165, 1.54) is 6.07 Å². The number of aromatic carboxylic acids is 1. The highest BCUT2D eigenvalue weighted by Gasteiger charge is 2.17. The topological polar surface area (TPSA) is 62.9 Å². The first kappa shape index (κ1) is 12.7. The van der Waals surface area contributed by atoms with E-state index in [1.54, 1.807) is 13.2 Å². The van der Waals surface area contributed by atoms with E-state index in [0.29, 0.717) is 12.4 Å². The van der Waals surface area contributed by atoms with E-state index in [1.807, 2.05) is 18.9 Å². The van der Waals surface area contributed by atoms with Gasteiger partial charge in [0, 0.05) is 13.7 Å². The number of carbonyl (C=O) groups is 1. The van der Waals surface area contributed by atoms with Crippen molar-refractivity contribution in [2.75, 3.05) is 27.3 Å². The Bertz CT molecular complexity index is 348. The Hall–Kier alpha value is -1.33. The number of likely N-dealkylation sites (N-methyl/N-ethyl adjacent to an activating group) is 1. The van der Waals surface area contributed by atoms with Gasteiger partial charge in [0.05, 0.1) is 12.6 Å². The standard InChI is InChI=1S/C11H17NO4/c1-8(12(2)6-7-15-3)9-4-5-10(16-9)11(13)14/h4-5,8H,6-7H2,1-3H3,(H,13,14). The van der Waals surface area contributed by atoms with Crippen LogP contribution in [0.3, 0.4) is 0 Å². The third-order valence-electron chi connectivity index (χ3n) is 2.56. The molecule has 0 spiro atoms. The van der Waals surface area contributed by atoms with Gasteiger partial charge >= 0.3 is 5.97 Å². The summed E-state index contributed by atoms with van der Waals surface area (Å²) >= 11 is 0. The minimum absolute atomic E-state index is 0.0259. The molecule has 0 radical (unpaired) electrons. The zero-order chi connectivity index (χ0) is 12.1. The van der Waals surface area contributed by atoms with Crippen LogP contribution < -0.4 is 0 Å². The minimum atomic E-state index is -1.04. The molecule has 1 aromatic heterocycles. The first-order chi connectivity index (χ1) is 7.56. The second kappa shape index (κ2) is 5.67. The van der Waals surface area contributed by atoms with Gasteiger partial charge in [-0.1, -0.05) is 0 Å². The molecule has 0 saturated carbocycles. The minimum Gasteiger partial charge on any atom is -0.475 e. The Kier molecular flexibility index (Phi) is 4.52. The SMILES string of the molecule is COCCN(C)C(C)c1ccc(C(=O)O)o1. The Morgan fingerprint density at radius 2 is 2.31 bits per heavy atom. The first-order valence-corrected chi connectivity index (χ1v) is 5.08. The number of ether oxygens (including phenoxy) is 1. The molecule has 1 atom stereocenters. The van der Waals surface area contributed by atoms with Crippen LogP contribution in [0, 0.1) is 0 Å². The number of furan rings is 1. The molecule has 5 heteroatoms. The summed E-state index contributed by atoms with van der Waals surface area (Å²) in [5.74, 6) is -0.420. The van der Waals surface area contributed by atoms with Gasteiger partial charge in [-0.15, -0.1) is 0 Å². The number of hydrogen-bond acceptors (Lipinski definition) is 4. The quantitative estimate of drug-likeness (QED) is 0.800. The number of hydrogen-bond donors (Lipinski definition) is 1. The third-order valence-corrected chi connectivity index (χ3v) is 2.56. The number of nitrogens with zero attached hydrogens (tertiary/aromatic N) is 1. The number of carboxylic acids is 1. The molecular formula is C11H17NO4. The zero-order valence-corrected chi connectivity index (χ0v) is 9.77. The van der Waals surface area contributed by atoms with E-state index in [0.717, 1.165) is 6.54 Å². The van der Waals surface area contributed by atoms with Gasteiger partial charge in [-0.2, -0.15) is 0 Å². The number of carboxylic acid groups (broad SMARTS) is 1. The van der Waals surface area contributed by atoms with Crippen LogP contribution in [0.25, 0.3) is 0 Å². The lowest BCUT2D eigenvalue weighted by Crippen LogP contribution is -2.25. The molecule has 1 N–H and O–H groups in total. The summed E-state index contributed by atoms with van der Waals surface area (Å²) in [7, 11) is 3.58. The molecule has 90 valence electrons. The van der Waals surface area contributed by atoms with Crippen molar-refractivity contribution in [1.29, 1.82) is 0 Å². The average Bonchev–Trinajstić information content (AvgIpc) is 2.74. The van der Waals surface area contributed by atoms with E-state index in [-0.39, 0.29) is 11.8 Å². The highest BCUT2D eigenvalue weighted by Crippen LogP contribution is 2.20. The van der Waals surface area contributed by atoms with Crippen molar-refractivity contribution in [2.45, 2.75) is 13.0 Å². The predicted octanol–water partition coefficient (Wildman–Crippen LogP) is 1.62. The monoisotopic (exact) mass is 227 g/mol. The maximum absolute atomic E-state index is 10.7. The zero-order valence-electron chi connectivity index (χ0n) is 9.77. The van der Waals surface area contributed by atoms with Crippen LogP contribution in [0.4, 0.5) is 0 Å². The van der Waals surface area contributed by atoms with Gasteiger partial charge in [-0.25, -0.2) is 4.79 Å². The van der Waals surface area contributed by atoms with Gasteiger partial charge in [0.15, 0.2) is 0 Å². The van der Waals surface area contributed by atoms with E-state index < -0.39 is 5.97 Å². The maximum atomic E-state index is 10.7. The Morgan fingerprint density at radius 3 is 2.81 bits per heavy atom. The van der Waals surface area contributed by atoms with Crippen molar-refractivity contribution >= 4 is 5.97 Å². The van der Waals surface area contributed by atoms with E-state index in [4.69, 9.17) is 14.3 Å². The van der Waals surface area contributed by atoms with Crippen molar-refractivity contribution in [1.82, 2.24) is 4.90 Å². The third kappa shape index (κ3) is 3.08. The van der Waals surface area contributed by atoms with Crippen molar-refractivity contribution < 1.29 is 19.1 Å². The van der Waals surface area contributed by atoms with Crippen LogP contribution in [0.15, 0.2) is 16.5 Å². The van der Waals surface area contributed by atoms with Crippen molar-refractivity contribution in [2.24, 2.45) is 0 Å². The Labute approximate surface area is 94.6 Å². The van der Waals surface area contributed by atoms with E-state index >= 15 is 0 Å². The summed E-state index contributed by atoms with van der Waals surface area (Å²) in [4.78, 5) is 12.7. The summed E-state index contributed by atoms with van der Waals surface area (Å²) in [6.07, 6.45) is 0. The van der Waals surface area contributed by atoms with E-state index in [9.17, 15) is 4.79 Å². The van der Waals surface area contributed by atoms with Crippen molar-refractivity contribution in [3.05, 3.63) is 23.7 Å². The molecule has 1 unspecified atom stereocenters. The fourth-order valence-corrected chi connectivity index (χ4v) is 1.34. The van der Waals surface area contributed by atoms with Crippen molar-refractivity contribution in [3.63, 3.8) is 0 Å². The fraction of sp³-hybridized carbons (Fsp3) is 0.545. The van der Waals surface area contributed by atoms with Crippen LogP contribution in [-0.2, 0) is 4.74 Å². The van der Waals surface area contributed by atoms with Crippen LogP contribution >= 0.6 is 0 Å². The Morgan fingerprint density at radius 1 is 1.62 bits per heavy atom. The lowest BCUT2D eigenvalue weighted by atomic mass is 10.2. The molecule has 0 saturated heterocycles. The first-order valence-electron chi connectivity index (χ1n) is 5.08. The molecule has 16 heavy (non-hydrogen) atoms. The van der Waals surface area contributed by atoms with E-state index in [2.05, 4.69) is 0 Å². The smallest absolute Gasteiger partial charge is 0.371 e. The summed E-state index contributed by atoms with van der Waals surface area (Å²) in [5, 5.41) is 8.73. The molecule has 0 aliphatic carbocycles. The van der Waals surface area contributed by atoms with Gasteiger partial charge < -0.3 is 14.3 Å². The van der Waals surface area contributed by atoms with Crippen LogP contribution in [0.5, 0.6) is 0 Å². The Balaban J connectivity index is 2.64. The van der Waals surface area contributed by atoms with Crippen LogP contribution in [0.2, 0.25) is 0 Å². The molecule has 0 aliphatic rings. The second-order valence-corrected chi connectivity index (χ2v) is 3.66. The lowest BCUT2D eigenvalue weighted by Gasteiger charge is -2.22. The number of rotatable bonds is 6. The lowest BCUT2D eigenvalue weighted by molar-refractivity contribution is 0.0655. The van der Waals surface area contributed by atoms with Gasteiger partial charge in [0.1, 0.15) is 5.76 Å². The molecule has 0 bridgehead atoms. The van der Waals surface area contributed by atoms with Gasteiger partial charge in [0.25, 0.3) is 0 Å². The molecule has 0 amide bonds. The van der Waals surface area contributed by atoms with Crippen molar-refractivity contribution in [3.8, 4) is 0 Å². The molecule has 0 aliphatic heterocycles. The summed E-state index contributed by atoms with van der Waals surface area (Å²) in [6, 6.07) is 3.19.